The lowest BCUT2D eigenvalue weighted by atomic mass is 10.3. The molecule has 0 amide bonds. The number of rotatable bonds is 5. The Morgan fingerprint density at radius 1 is 1.43 bits per heavy atom. The van der Waals surface area contributed by atoms with Crippen LogP contribution in [0.5, 0.6) is 0 Å². The summed E-state index contributed by atoms with van der Waals surface area (Å²) in [5.41, 5.74) is 0. The molecule has 1 N–H and O–H groups in total. The van der Waals surface area contributed by atoms with E-state index in [0.29, 0.717) is 13.2 Å². The van der Waals surface area contributed by atoms with Gasteiger partial charge in [-0.3, -0.25) is 0 Å². The Labute approximate surface area is 80.6 Å². The maximum Gasteiger partial charge on any atom is 0.411 e. The normalized spacial score (nSPS) is 22.9. The quantitative estimate of drug-likeness (QED) is 0.689. The van der Waals surface area contributed by atoms with Gasteiger partial charge in [-0.05, 0) is 6.42 Å². The highest BCUT2D eigenvalue weighted by Crippen LogP contribution is 2.14. The highest BCUT2D eigenvalue weighted by molar-refractivity contribution is 4.70. The molecule has 1 heterocycles. The minimum atomic E-state index is -4.23. The lowest BCUT2D eigenvalue weighted by Crippen LogP contribution is -2.32. The lowest BCUT2D eigenvalue weighted by Gasteiger charge is -2.11. The Kier molecular flexibility index (Phi) is 4.64. The Balaban J connectivity index is 1.89. The third-order valence-electron chi connectivity index (χ3n) is 1.87. The van der Waals surface area contributed by atoms with Gasteiger partial charge in [-0.2, -0.15) is 13.2 Å². The molecular weight excluding hydrogens is 199 g/mol. The fourth-order valence-electron chi connectivity index (χ4n) is 1.22. The molecule has 0 aliphatic carbocycles. The Morgan fingerprint density at radius 2 is 2.21 bits per heavy atom. The monoisotopic (exact) mass is 213 g/mol. The molecule has 1 atom stereocenters. The van der Waals surface area contributed by atoms with Crippen LogP contribution in [0.15, 0.2) is 0 Å². The van der Waals surface area contributed by atoms with Gasteiger partial charge >= 0.3 is 6.18 Å². The van der Waals surface area contributed by atoms with Crippen molar-refractivity contribution in [3.63, 3.8) is 0 Å². The van der Waals surface area contributed by atoms with Crippen molar-refractivity contribution in [2.45, 2.75) is 18.6 Å². The number of ether oxygens (including phenoxy) is 2. The van der Waals surface area contributed by atoms with Gasteiger partial charge in [-0.1, -0.05) is 0 Å². The fourth-order valence-corrected chi connectivity index (χ4v) is 1.22. The van der Waals surface area contributed by atoms with E-state index in [1.165, 1.54) is 0 Å². The summed E-state index contributed by atoms with van der Waals surface area (Å²) < 4.78 is 44.4. The van der Waals surface area contributed by atoms with Crippen LogP contribution in [0.4, 0.5) is 13.2 Å². The summed E-state index contributed by atoms with van der Waals surface area (Å²) in [5, 5.41) is 3.05. The van der Waals surface area contributed by atoms with Crippen LogP contribution in [0.3, 0.4) is 0 Å². The van der Waals surface area contributed by atoms with Gasteiger partial charge in [0.1, 0.15) is 6.61 Å². The minimum absolute atomic E-state index is 0.0794. The molecule has 84 valence electrons. The Morgan fingerprint density at radius 3 is 2.79 bits per heavy atom. The zero-order chi connectivity index (χ0) is 10.4. The van der Waals surface area contributed by atoms with E-state index in [-0.39, 0.29) is 12.6 Å². The van der Waals surface area contributed by atoms with Gasteiger partial charge in [0, 0.05) is 19.2 Å². The fraction of sp³-hybridized carbons (Fsp3) is 1.00. The van der Waals surface area contributed by atoms with Gasteiger partial charge in [-0.25, -0.2) is 0 Å². The molecule has 0 spiro atoms. The summed E-state index contributed by atoms with van der Waals surface area (Å²) in [7, 11) is 0. The average molecular weight is 213 g/mol. The molecule has 3 nitrogen and oxygen atoms in total. The first-order chi connectivity index (χ1) is 6.58. The van der Waals surface area contributed by atoms with E-state index < -0.39 is 12.8 Å². The largest absolute Gasteiger partial charge is 0.411 e. The van der Waals surface area contributed by atoms with Gasteiger partial charge < -0.3 is 14.8 Å². The molecule has 0 aromatic heterocycles. The zero-order valence-electron chi connectivity index (χ0n) is 7.77. The highest BCUT2D eigenvalue weighted by atomic mass is 19.4. The van der Waals surface area contributed by atoms with Crippen molar-refractivity contribution in [1.82, 2.24) is 5.32 Å². The molecule has 14 heavy (non-hydrogen) atoms. The smallest absolute Gasteiger partial charge is 0.380 e. The summed E-state index contributed by atoms with van der Waals surface area (Å²) in [6.07, 6.45) is -3.31. The van der Waals surface area contributed by atoms with Gasteiger partial charge in [0.2, 0.25) is 0 Å². The summed E-state index contributed by atoms with van der Waals surface area (Å²) in [6, 6.07) is 0.268. The van der Waals surface area contributed by atoms with Gasteiger partial charge in [-0.15, -0.1) is 0 Å². The van der Waals surface area contributed by atoms with Crippen LogP contribution >= 0.6 is 0 Å². The molecular formula is C8H14F3NO2. The van der Waals surface area contributed by atoms with Crippen molar-refractivity contribution in [2.75, 3.05) is 33.0 Å². The second-order valence-corrected chi connectivity index (χ2v) is 3.18. The first kappa shape index (κ1) is 11.7. The Hall–Kier alpha value is -0.330. The van der Waals surface area contributed by atoms with E-state index in [0.717, 1.165) is 13.0 Å². The minimum Gasteiger partial charge on any atom is -0.380 e. The molecule has 0 bridgehead atoms. The van der Waals surface area contributed by atoms with E-state index in [1.807, 2.05) is 0 Å². The number of alkyl halides is 3. The molecule has 0 radical (unpaired) electrons. The number of halogens is 3. The summed E-state index contributed by atoms with van der Waals surface area (Å²) in [4.78, 5) is 0. The predicted octanol–water partition coefficient (Wildman–Crippen LogP) is 0.944. The van der Waals surface area contributed by atoms with Crippen LogP contribution in [0.2, 0.25) is 0 Å². The SMILES string of the molecule is FC(F)(F)COCCNC1CCOC1. The first-order valence-electron chi connectivity index (χ1n) is 4.53. The van der Waals surface area contributed by atoms with Gasteiger partial charge in [0.05, 0.1) is 13.2 Å². The maximum atomic E-state index is 11.6. The van der Waals surface area contributed by atoms with E-state index in [4.69, 9.17) is 4.74 Å². The van der Waals surface area contributed by atoms with Crippen LogP contribution in [0.25, 0.3) is 0 Å². The predicted molar refractivity (Wildman–Crippen MR) is 44.1 cm³/mol. The van der Waals surface area contributed by atoms with Crippen molar-refractivity contribution in [1.29, 1.82) is 0 Å². The third-order valence-corrected chi connectivity index (χ3v) is 1.87. The molecule has 0 aromatic carbocycles. The average Bonchev–Trinajstić information content (AvgIpc) is 2.54. The van der Waals surface area contributed by atoms with Gasteiger partial charge in [0.15, 0.2) is 0 Å². The molecule has 0 saturated carbocycles. The van der Waals surface area contributed by atoms with E-state index >= 15 is 0 Å². The lowest BCUT2D eigenvalue weighted by molar-refractivity contribution is -0.173. The third kappa shape index (κ3) is 5.41. The standard InChI is InChI=1S/C8H14F3NO2/c9-8(10,11)6-14-4-2-12-7-1-3-13-5-7/h7,12H,1-6H2. The topological polar surface area (TPSA) is 30.5 Å². The molecule has 1 aliphatic heterocycles. The molecule has 1 saturated heterocycles. The number of nitrogens with one attached hydrogen (secondary N) is 1. The highest BCUT2D eigenvalue weighted by Gasteiger charge is 2.27. The molecule has 1 aliphatic rings. The first-order valence-corrected chi connectivity index (χ1v) is 4.53. The summed E-state index contributed by atoms with van der Waals surface area (Å²) in [6.45, 7) is 0.705. The second-order valence-electron chi connectivity index (χ2n) is 3.18. The van der Waals surface area contributed by atoms with Crippen molar-refractivity contribution in [2.24, 2.45) is 0 Å². The van der Waals surface area contributed by atoms with Crippen LogP contribution < -0.4 is 5.32 Å². The maximum absolute atomic E-state index is 11.6. The van der Waals surface area contributed by atoms with Gasteiger partial charge in [0.25, 0.3) is 0 Å². The molecule has 0 aromatic rings. The van der Waals surface area contributed by atoms with Crippen molar-refractivity contribution < 1.29 is 22.6 Å². The Bertz CT molecular complexity index is 157. The van der Waals surface area contributed by atoms with Crippen LogP contribution in [0, 0.1) is 0 Å². The van der Waals surface area contributed by atoms with Crippen molar-refractivity contribution in [3.05, 3.63) is 0 Å². The molecule has 6 heteroatoms. The van der Waals surface area contributed by atoms with Crippen molar-refractivity contribution in [3.8, 4) is 0 Å². The second kappa shape index (κ2) is 5.53. The van der Waals surface area contributed by atoms with E-state index in [9.17, 15) is 13.2 Å². The molecule has 1 unspecified atom stereocenters. The van der Waals surface area contributed by atoms with E-state index in [2.05, 4.69) is 10.1 Å². The van der Waals surface area contributed by atoms with Crippen LogP contribution in [0.1, 0.15) is 6.42 Å². The molecule has 1 fully saturated rings. The van der Waals surface area contributed by atoms with E-state index in [1.54, 1.807) is 0 Å². The summed E-state index contributed by atoms with van der Waals surface area (Å²) in [5.74, 6) is 0. The molecule has 1 rings (SSSR count). The zero-order valence-corrected chi connectivity index (χ0v) is 7.77. The van der Waals surface area contributed by atoms with Crippen LogP contribution in [-0.4, -0.2) is 45.2 Å². The summed E-state index contributed by atoms with van der Waals surface area (Å²) >= 11 is 0. The van der Waals surface area contributed by atoms with Crippen molar-refractivity contribution >= 4 is 0 Å². The van der Waals surface area contributed by atoms with Crippen LogP contribution in [-0.2, 0) is 9.47 Å². The number of hydrogen-bond acceptors (Lipinski definition) is 3. The number of hydrogen-bond donors (Lipinski definition) is 1.